The predicted octanol–water partition coefficient (Wildman–Crippen LogP) is 1.05. The van der Waals surface area contributed by atoms with Gasteiger partial charge in [-0.15, -0.1) is 0 Å². The molecule has 0 amide bonds. The summed E-state index contributed by atoms with van der Waals surface area (Å²) in [5, 5.41) is 23.2. The molecule has 7 heteroatoms. The fourth-order valence-corrected chi connectivity index (χ4v) is 2.35. The number of aromatic nitrogens is 1. The lowest BCUT2D eigenvalue weighted by molar-refractivity contribution is -0.384. The lowest BCUT2D eigenvalue weighted by Gasteiger charge is -2.27. The third-order valence-corrected chi connectivity index (χ3v) is 3.26. The Balaban J connectivity index is 2.41. The molecule has 1 fully saturated rings. The van der Waals surface area contributed by atoms with Crippen molar-refractivity contribution in [3.63, 3.8) is 0 Å². The number of pyridine rings is 1. The highest BCUT2D eigenvalue weighted by molar-refractivity contribution is 5.60. The first-order valence-corrected chi connectivity index (χ1v) is 6.19. The van der Waals surface area contributed by atoms with Crippen LogP contribution in [0.3, 0.4) is 0 Å². The van der Waals surface area contributed by atoms with Crippen molar-refractivity contribution >= 4 is 11.5 Å². The first-order chi connectivity index (χ1) is 9.17. The third-order valence-electron chi connectivity index (χ3n) is 3.26. The first-order valence-electron chi connectivity index (χ1n) is 6.19. The minimum Gasteiger partial charge on any atom is -0.347 e. The van der Waals surface area contributed by atoms with Gasteiger partial charge in [0.25, 0.3) is 0 Å². The number of rotatable bonds is 4. The summed E-state index contributed by atoms with van der Waals surface area (Å²) in [5.41, 5.74) is 0.101. The van der Waals surface area contributed by atoms with Gasteiger partial charge in [0, 0.05) is 31.4 Å². The van der Waals surface area contributed by atoms with E-state index >= 15 is 0 Å². The maximum Gasteiger partial charge on any atom is 0.312 e. The summed E-state index contributed by atoms with van der Waals surface area (Å²) in [4.78, 5) is 16.7. The van der Waals surface area contributed by atoms with Crippen LogP contribution in [0.5, 0.6) is 0 Å². The predicted molar refractivity (Wildman–Crippen MR) is 69.9 cm³/mol. The molecule has 1 aromatic heterocycles. The lowest BCUT2D eigenvalue weighted by Crippen LogP contribution is -2.37. The van der Waals surface area contributed by atoms with Crippen LogP contribution in [0, 0.1) is 21.4 Å². The largest absolute Gasteiger partial charge is 0.347 e. The van der Waals surface area contributed by atoms with Crippen molar-refractivity contribution in [1.82, 2.24) is 10.3 Å². The molecule has 0 spiro atoms. The van der Waals surface area contributed by atoms with Gasteiger partial charge in [0.15, 0.2) is 0 Å². The van der Waals surface area contributed by atoms with E-state index in [1.54, 1.807) is 0 Å². The SMILES string of the molecule is CCN(c1ncc(C#N)cc1[N+](=O)[O-])C1CCNC1. The molecule has 1 aliphatic heterocycles. The molecule has 0 saturated carbocycles. The van der Waals surface area contributed by atoms with E-state index < -0.39 is 4.92 Å². The Labute approximate surface area is 111 Å². The average molecular weight is 261 g/mol. The summed E-state index contributed by atoms with van der Waals surface area (Å²) >= 11 is 0. The molecule has 0 aromatic carbocycles. The zero-order chi connectivity index (χ0) is 13.8. The fraction of sp³-hybridized carbons (Fsp3) is 0.500. The van der Waals surface area contributed by atoms with Gasteiger partial charge in [-0.3, -0.25) is 10.1 Å². The smallest absolute Gasteiger partial charge is 0.312 e. The van der Waals surface area contributed by atoms with Gasteiger partial charge in [0.2, 0.25) is 5.82 Å². The molecule has 1 unspecified atom stereocenters. The number of hydrogen-bond donors (Lipinski definition) is 1. The van der Waals surface area contributed by atoms with E-state index in [9.17, 15) is 10.1 Å². The summed E-state index contributed by atoms with van der Waals surface area (Å²) in [6.45, 7) is 4.30. The highest BCUT2D eigenvalue weighted by atomic mass is 16.6. The van der Waals surface area contributed by atoms with Crippen LogP contribution in [0.15, 0.2) is 12.3 Å². The normalized spacial score (nSPS) is 18.0. The summed E-state index contributed by atoms with van der Waals surface area (Å²) in [5.74, 6) is 0.347. The second-order valence-electron chi connectivity index (χ2n) is 4.37. The lowest BCUT2D eigenvalue weighted by atomic mass is 10.2. The van der Waals surface area contributed by atoms with Crippen LogP contribution in [0.25, 0.3) is 0 Å². The molecule has 1 aliphatic rings. The molecule has 2 rings (SSSR count). The van der Waals surface area contributed by atoms with Gasteiger partial charge in [0.1, 0.15) is 6.07 Å². The molecule has 0 radical (unpaired) electrons. The number of anilines is 1. The van der Waals surface area contributed by atoms with Crippen molar-refractivity contribution in [2.24, 2.45) is 0 Å². The van der Waals surface area contributed by atoms with Crippen LogP contribution >= 0.6 is 0 Å². The van der Waals surface area contributed by atoms with Gasteiger partial charge < -0.3 is 10.2 Å². The van der Waals surface area contributed by atoms with Crippen LogP contribution < -0.4 is 10.2 Å². The molecule has 1 N–H and O–H groups in total. The minimum atomic E-state index is -0.478. The van der Waals surface area contributed by atoms with Crippen LogP contribution in [-0.2, 0) is 0 Å². The second-order valence-corrected chi connectivity index (χ2v) is 4.37. The average Bonchev–Trinajstić information content (AvgIpc) is 2.93. The van der Waals surface area contributed by atoms with Gasteiger partial charge in [-0.25, -0.2) is 4.98 Å². The highest BCUT2D eigenvalue weighted by Crippen LogP contribution is 2.28. The molecular weight excluding hydrogens is 246 g/mol. The van der Waals surface area contributed by atoms with Crippen LogP contribution in [-0.4, -0.2) is 35.6 Å². The second kappa shape index (κ2) is 5.63. The van der Waals surface area contributed by atoms with Crippen LogP contribution in [0.1, 0.15) is 18.9 Å². The van der Waals surface area contributed by atoms with Crippen molar-refractivity contribution in [3.8, 4) is 6.07 Å². The van der Waals surface area contributed by atoms with Gasteiger partial charge in [-0.05, 0) is 19.9 Å². The molecule has 0 aliphatic carbocycles. The monoisotopic (exact) mass is 261 g/mol. The number of likely N-dealkylation sites (N-methyl/N-ethyl adjacent to an activating group) is 1. The van der Waals surface area contributed by atoms with Crippen molar-refractivity contribution < 1.29 is 4.92 Å². The van der Waals surface area contributed by atoms with Crippen molar-refractivity contribution in [3.05, 3.63) is 27.9 Å². The van der Waals surface area contributed by atoms with E-state index in [0.29, 0.717) is 12.4 Å². The van der Waals surface area contributed by atoms with E-state index in [1.807, 2.05) is 17.9 Å². The number of nitriles is 1. The van der Waals surface area contributed by atoms with E-state index in [0.717, 1.165) is 19.5 Å². The van der Waals surface area contributed by atoms with Gasteiger partial charge in [-0.1, -0.05) is 0 Å². The van der Waals surface area contributed by atoms with E-state index in [1.165, 1.54) is 12.3 Å². The van der Waals surface area contributed by atoms with Gasteiger partial charge >= 0.3 is 5.69 Å². The summed E-state index contributed by atoms with van der Waals surface area (Å²) in [6.07, 6.45) is 2.32. The molecular formula is C12H15N5O2. The maximum atomic E-state index is 11.1. The van der Waals surface area contributed by atoms with E-state index in [2.05, 4.69) is 10.3 Å². The van der Waals surface area contributed by atoms with Crippen LogP contribution in [0.4, 0.5) is 11.5 Å². The Kier molecular flexibility index (Phi) is 3.92. The number of nitrogens with one attached hydrogen (secondary N) is 1. The van der Waals surface area contributed by atoms with Gasteiger partial charge in [0.05, 0.1) is 10.5 Å². The fourth-order valence-electron chi connectivity index (χ4n) is 2.35. The van der Waals surface area contributed by atoms with E-state index in [-0.39, 0.29) is 17.3 Å². The summed E-state index contributed by atoms with van der Waals surface area (Å²) in [7, 11) is 0. The standard InChI is InChI=1S/C12H15N5O2/c1-2-16(10-3-4-14-8-10)12-11(17(18)19)5-9(6-13)7-15-12/h5,7,10,14H,2-4,8H2,1H3. The van der Waals surface area contributed by atoms with Crippen molar-refractivity contribution in [1.29, 1.82) is 5.26 Å². The minimum absolute atomic E-state index is 0.104. The third kappa shape index (κ3) is 2.63. The molecule has 1 saturated heterocycles. The molecule has 19 heavy (non-hydrogen) atoms. The van der Waals surface area contributed by atoms with Crippen molar-refractivity contribution in [2.45, 2.75) is 19.4 Å². The van der Waals surface area contributed by atoms with E-state index in [4.69, 9.17) is 5.26 Å². The zero-order valence-corrected chi connectivity index (χ0v) is 10.7. The Morgan fingerprint density at radius 3 is 3.05 bits per heavy atom. The van der Waals surface area contributed by atoms with Crippen LogP contribution in [0.2, 0.25) is 0 Å². The Hall–Kier alpha value is -2.20. The molecule has 1 atom stereocenters. The Bertz CT molecular complexity index is 519. The molecule has 100 valence electrons. The summed E-state index contributed by atoms with van der Waals surface area (Å²) in [6, 6.07) is 3.38. The Morgan fingerprint density at radius 2 is 2.53 bits per heavy atom. The Morgan fingerprint density at radius 1 is 1.74 bits per heavy atom. The molecule has 7 nitrogen and oxygen atoms in total. The van der Waals surface area contributed by atoms with Crippen molar-refractivity contribution in [2.75, 3.05) is 24.5 Å². The zero-order valence-electron chi connectivity index (χ0n) is 10.7. The maximum absolute atomic E-state index is 11.1. The van der Waals surface area contributed by atoms with Gasteiger partial charge in [-0.2, -0.15) is 5.26 Å². The number of nitro groups is 1. The number of hydrogen-bond acceptors (Lipinski definition) is 6. The topological polar surface area (TPSA) is 95.1 Å². The molecule has 1 aromatic rings. The molecule has 2 heterocycles. The highest BCUT2D eigenvalue weighted by Gasteiger charge is 2.28. The quantitative estimate of drug-likeness (QED) is 0.643. The molecule has 0 bridgehead atoms. The first kappa shape index (κ1) is 13.2. The number of nitrogens with zero attached hydrogens (tertiary/aromatic N) is 4. The summed E-state index contributed by atoms with van der Waals surface area (Å²) < 4.78 is 0.